The summed E-state index contributed by atoms with van der Waals surface area (Å²) in [5.41, 5.74) is 5.16. The highest BCUT2D eigenvalue weighted by Crippen LogP contribution is 2.31. The summed E-state index contributed by atoms with van der Waals surface area (Å²) >= 11 is 0. The summed E-state index contributed by atoms with van der Waals surface area (Å²) in [6.45, 7) is 0. The number of carbonyl (C=O) groups excluding carboxylic acids is 3. The fraction of sp³-hybridized carbons (Fsp3) is 0.182. The van der Waals surface area contributed by atoms with E-state index in [2.05, 4.69) is 0 Å². The first-order valence-electron chi connectivity index (χ1n) is 5.01. The summed E-state index contributed by atoms with van der Waals surface area (Å²) in [5.74, 6) is -0.519. The van der Waals surface area contributed by atoms with Crippen LogP contribution in [0.15, 0.2) is 24.3 Å². The Balaban J connectivity index is 2.40. The van der Waals surface area contributed by atoms with E-state index in [9.17, 15) is 14.4 Å². The minimum absolute atomic E-state index is 0.101. The number of amides is 3. The van der Waals surface area contributed by atoms with Gasteiger partial charge in [0.25, 0.3) is 0 Å². The highest BCUT2D eigenvalue weighted by molar-refractivity contribution is 6.20. The summed E-state index contributed by atoms with van der Waals surface area (Å²) in [6.07, 6.45) is -0.649. The molecule has 2 rings (SSSR count). The first-order valence-corrected chi connectivity index (χ1v) is 5.01. The van der Waals surface area contributed by atoms with Crippen molar-refractivity contribution in [1.82, 2.24) is 0 Å². The maximum Gasteiger partial charge on any atom is 0.410 e. The van der Waals surface area contributed by atoms with Crippen LogP contribution in [0.4, 0.5) is 10.5 Å². The molecule has 0 atom stereocenters. The van der Waals surface area contributed by atoms with Gasteiger partial charge in [-0.3, -0.25) is 9.59 Å². The third kappa shape index (κ3) is 2.10. The number of hydrogen-bond donors (Lipinski definition) is 1. The number of para-hydroxylation sites is 2. The van der Waals surface area contributed by atoms with Gasteiger partial charge in [0, 0.05) is 12.8 Å². The van der Waals surface area contributed by atoms with Gasteiger partial charge in [-0.25, -0.2) is 9.69 Å². The van der Waals surface area contributed by atoms with E-state index in [0.29, 0.717) is 0 Å². The maximum absolute atomic E-state index is 11.6. The van der Waals surface area contributed by atoms with Crippen LogP contribution in [0, 0.1) is 0 Å². The standard InChI is InChI=1S/C11H10N2O4/c12-11(16)17-8-4-2-1-3-7(8)13-9(14)5-6-10(13)15/h1-4H,5-6H2,(H2,12,16). The summed E-state index contributed by atoms with van der Waals surface area (Å²) in [5, 5.41) is 0. The van der Waals surface area contributed by atoms with Gasteiger partial charge in [0.05, 0.1) is 5.69 Å². The van der Waals surface area contributed by atoms with Crippen molar-refractivity contribution in [3.05, 3.63) is 24.3 Å². The number of nitrogens with zero attached hydrogens (tertiary/aromatic N) is 1. The number of anilines is 1. The third-order valence-electron chi connectivity index (χ3n) is 2.37. The van der Waals surface area contributed by atoms with E-state index >= 15 is 0 Å². The second-order valence-corrected chi connectivity index (χ2v) is 3.51. The number of ether oxygens (including phenoxy) is 1. The van der Waals surface area contributed by atoms with Crippen LogP contribution < -0.4 is 15.4 Å². The summed E-state index contributed by atoms with van der Waals surface area (Å²) in [4.78, 5) is 34.8. The van der Waals surface area contributed by atoms with Crippen LogP contribution in [0.2, 0.25) is 0 Å². The lowest BCUT2D eigenvalue weighted by Crippen LogP contribution is -2.29. The van der Waals surface area contributed by atoms with Gasteiger partial charge in [-0.2, -0.15) is 0 Å². The van der Waals surface area contributed by atoms with Crippen molar-refractivity contribution in [2.45, 2.75) is 12.8 Å². The molecule has 88 valence electrons. The van der Waals surface area contributed by atoms with Gasteiger partial charge < -0.3 is 10.5 Å². The lowest BCUT2D eigenvalue weighted by atomic mass is 10.2. The van der Waals surface area contributed by atoms with E-state index in [4.69, 9.17) is 10.5 Å². The Bertz CT molecular complexity index is 482. The van der Waals surface area contributed by atoms with Gasteiger partial charge >= 0.3 is 6.09 Å². The van der Waals surface area contributed by atoms with E-state index in [0.717, 1.165) is 4.90 Å². The Labute approximate surface area is 96.9 Å². The molecule has 1 aromatic rings. The molecule has 1 heterocycles. The van der Waals surface area contributed by atoms with Gasteiger partial charge in [0.15, 0.2) is 5.75 Å². The molecule has 0 aliphatic carbocycles. The molecule has 0 bridgehead atoms. The SMILES string of the molecule is NC(=O)Oc1ccccc1N1C(=O)CCC1=O. The second-order valence-electron chi connectivity index (χ2n) is 3.51. The molecule has 17 heavy (non-hydrogen) atoms. The fourth-order valence-corrected chi connectivity index (χ4v) is 1.68. The largest absolute Gasteiger partial charge is 0.410 e. The Hall–Kier alpha value is -2.37. The lowest BCUT2D eigenvalue weighted by Gasteiger charge is -2.16. The molecule has 0 unspecified atom stereocenters. The molecule has 3 amide bonds. The van der Waals surface area contributed by atoms with Crippen LogP contribution in [0.3, 0.4) is 0 Å². The van der Waals surface area contributed by atoms with Crippen LogP contribution in [0.25, 0.3) is 0 Å². The zero-order chi connectivity index (χ0) is 12.4. The van der Waals surface area contributed by atoms with Gasteiger partial charge in [-0.05, 0) is 12.1 Å². The van der Waals surface area contributed by atoms with Gasteiger partial charge in [0.1, 0.15) is 0 Å². The number of imide groups is 1. The molecule has 0 spiro atoms. The van der Waals surface area contributed by atoms with Crippen molar-refractivity contribution in [2.24, 2.45) is 5.73 Å². The first kappa shape index (κ1) is 11.1. The molecule has 6 nitrogen and oxygen atoms in total. The molecule has 1 aromatic carbocycles. The molecule has 6 heteroatoms. The molecule has 0 radical (unpaired) electrons. The highest BCUT2D eigenvalue weighted by atomic mass is 16.5. The van der Waals surface area contributed by atoms with E-state index in [1.807, 2.05) is 0 Å². The first-order chi connectivity index (χ1) is 8.09. The number of carbonyl (C=O) groups is 3. The van der Waals surface area contributed by atoms with E-state index < -0.39 is 6.09 Å². The molecular formula is C11H10N2O4. The third-order valence-corrected chi connectivity index (χ3v) is 2.37. The maximum atomic E-state index is 11.6. The topological polar surface area (TPSA) is 89.7 Å². The van der Waals surface area contributed by atoms with Gasteiger partial charge in [0.2, 0.25) is 11.8 Å². The minimum Gasteiger partial charge on any atom is -0.408 e. The zero-order valence-corrected chi connectivity index (χ0v) is 8.88. The lowest BCUT2D eigenvalue weighted by molar-refractivity contribution is -0.121. The number of benzene rings is 1. The number of primary amides is 1. The van der Waals surface area contributed by atoms with Crippen LogP contribution in [-0.4, -0.2) is 17.9 Å². The van der Waals surface area contributed by atoms with Crippen molar-refractivity contribution < 1.29 is 19.1 Å². The van der Waals surface area contributed by atoms with Crippen LogP contribution in [-0.2, 0) is 9.59 Å². The van der Waals surface area contributed by atoms with Crippen molar-refractivity contribution >= 4 is 23.6 Å². The van der Waals surface area contributed by atoms with Gasteiger partial charge in [-0.1, -0.05) is 12.1 Å². The van der Waals surface area contributed by atoms with Crippen molar-refractivity contribution in [3.8, 4) is 5.75 Å². The quantitative estimate of drug-likeness (QED) is 0.766. The Morgan fingerprint density at radius 1 is 1.18 bits per heavy atom. The van der Waals surface area contributed by atoms with Crippen molar-refractivity contribution in [2.75, 3.05) is 4.90 Å². The molecule has 1 aliphatic heterocycles. The number of hydrogen-bond acceptors (Lipinski definition) is 4. The van der Waals surface area contributed by atoms with E-state index in [-0.39, 0.29) is 36.1 Å². The van der Waals surface area contributed by atoms with Crippen LogP contribution >= 0.6 is 0 Å². The van der Waals surface area contributed by atoms with Crippen molar-refractivity contribution in [3.63, 3.8) is 0 Å². The van der Waals surface area contributed by atoms with E-state index in [1.165, 1.54) is 12.1 Å². The van der Waals surface area contributed by atoms with Gasteiger partial charge in [-0.15, -0.1) is 0 Å². The molecule has 0 aromatic heterocycles. The van der Waals surface area contributed by atoms with Crippen LogP contribution in [0.5, 0.6) is 5.75 Å². The molecule has 1 aliphatic rings. The predicted octanol–water partition coefficient (Wildman–Crippen LogP) is 0.798. The Kier molecular flexibility index (Phi) is 2.78. The fourth-order valence-electron chi connectivity index (χ4n) is 1.68. The average molecular weight is 234 g/mol. The molecule has 0 saturated carbocycles. The van der Waals surface area contributed by atoms with Crippen molar-refractivity contribution in [1.29, 1.82) is 0 Å². The molecule has 2 N–H and O–H groups in total. The predicted molar refractivity (Wildman–Crippen MR) is 58.4 cm³/mol. The zero-order valence-electron chi connectivity index (χ0n) is 8.88. The summed E-state index contributed by atoms with van der Waals surface area (Å²) in [6, 6.07) is 6.26. The highest BCUT2D eigenvalue weighted by Gasteiger charge is 2.32. The average Bonchev–Trinajstić information content (AvgIpc) is 2.59. The number of nitrogens with two attached hydrogens (primary N) is 1. The smallest absolute Gasteiger partial charge is 0.408 e. The Morgan fingerprint density at radius 2 is 1.76 bits per heavy atom. The normalized spacial score (nSPS) is 15.2. The van der Waals surface area contributed by atoms with E-state index in [1.54, 1.807) is 12.1 Å². The van der Waals surface area contributed by atoms with Crippen LogP contribution in [0.1, 0.15) is 12.8 Å². The summed E-state index contributed by atoms with van der Waals surface area (Å²) in [7, 11) is 0. The second kappa shape index (κ2) is 4.25. The number of rotatable bonds is 2. The minimum atomic E-state index is -0.989. The Morgan fingerprint density at radius 3 is 2.35 bits per heavy atom. The summed E-state index contributed by atoms with van der Waals surface area (Å²) < 4.78 is 4.75. The molecular weight excluding hydrogens is 224 g/mol. The molecule has 1 fully saturated rings. The monoisotopic (exact) mass is 234 g/mol. The molecule has 1 saturated heterocycles.